The molecule has 3 heteroatoms. The van der Waals surface area contributed by atoms with Crippen molar-refractivity contribution in [1.29, 1.82) is 5.26 Å². The highest BCUT2D eigenvalue weighted by atomic mass is 79.9. The van der Waals surface area contributed by atoms with Crippen LogP contribution in [0.5, 0.6) is 11.5 Å². The van der Waals surface area contributed by atoms with E-state index in [1.165, 1.54) is 11.1 Å². The Balaban J connectivity index is 2.29. The van der Waals surface area contributed by atoms with Gasteiger partial charge >= 0.3 is 0 Å². The van der Waals surface area contributed by atoms with Gasteiger partial charge in [-0.25, -0.2) is 0 Å². The van der Waals surface area contributed by atoms with Crippen molar-refractivity contribution in [1.82, 2.24) is 0 Å². The van der Waals surface area contributed by atoms with Crippen molar-refractivity contribution >= 4 is 15.9 Å². The molecule has 102 valence electrons. The van der Waals surface area contributed by atoms with Gasteiger partial charge in [-0.3, -0.25) is 0 Å². The number of rotatable bonds is 3. The van der Waals surface area contributed by atoms with Gasteiger partial charge in [0.2, 0.25) is 0 Å². The van der Waals surface area contributed by atoms with Gasteiger partial charge in [-0.15, -0.1) is 0 Å². The molecule has 0 saturated heterocycles. The van der Waals surface area contributed by atoms with E-state index in [0.29, 0.717) is 17.2 Å². The number of ether oxygens (including phenoxy) is 1. The molecule has 20 heavy (non-hydrogen) atoms. The molecular weight excluding hydrogens is 314 g/mol. The van der Waals surface area contributed by atoms with E-state index in [4.69, 9.17) is 10.00 Å². The van der Waals surface area contributed by atoms with Crippen molar-refractivity contribution in [3.05, 3.63) is 57.6 Å². The summed E-state index contributed by atoms with van der Waals surface area (Å²) in [4.78, 5) is 0. The Morgan fingerprint density at radius 1 is 1.10 bits per heavy atom. The standard InChI is InChI=1S/C17H16BrNO/c1-11(2)17-5-4-15(6-12(17)3)20-16-8-13(10-19)7-14(18)9-16/h4-9,11H,1-3H3. The Morgan fingerprint density at radius 2 is 1.85 bits per heavy atom. The summed E-state index contributed by atoms with van der Waals surface area (Å²) in [6.07, 6.45) is 0. The van der Waals surface area contributed by atoms with E-state index in [9.17, 15) is 0 Å². The molecule has 0 heterocycles. The lowest BCUT2D eigenvalue weighted by molar-refractivity contribution is 0.481. The maximum Gasteiger partial charge on any atom is 0.129 e. The summed E-state index contributed by atoms with van der Waals surface area (Å²) in [5.41, 5.74) is 3.11. The Bertz CT molecular complexity index is 671. The fraction of sp³-hybridized carbons (Fsp3) is 0.235. The first-order valence-corrected chi connectivity index (χ1v) is 7.28. The van der Waals surface area contributed by atoms with Gasteiger partial charge in [0.1, 0.15) is 11.5 Å². The molecule has 2 aromatic carbocycles. The van der Waals surface area contributed by atoms with E-state index < -0.39 is 0 Å². The van der Waals surface area contributed by atoms with Crippen molar-refractivity contribution in [2.75, 3.05) is 0 Å². The van der Waals surface area contributed by atoms with Gasteiger partial charge in [0.05, 0.1) is 11.6 Å². The van der Waals surface area contributed by atoms with Gasteiger partial charge in [-0.2, -0.15) is 5.26 Å². The van der Waals surface area contributed by atoms with Crippen LogP contribution in [-0.4, -0.2) is 0 Å². The highest BCUT2D eigenvalue weighted by Crippen LogP contribution is 2.29. The SMILES string of the molecule is Cc1cc(Oc2cc(Br)cc(C#N)c2)ccc1C(C)C. The number of nitriles is 1. The summed E-state index contributed by atoms with van der Waals surface area (Å²) in [6, 6.07) is 13.6. The molecular formula is C17H16BrNO. The summed E-state index contributed by atoms with van der Waals surface area (Å²) in [5, 5.41) is 8.97. The summed E-state index contributed by atoms with van der Waals surface area (Å²) in [7, 11) is 0. The minimum Gasteiger partial charge on any atom is -0.457 e. The fourth-order valence-electron chi connectivity index (χ4n) is 2.18. The second-order valence-corrected chi connectivity index (χ2v) is 5.98. The van der Waals surface area contributed by atoms with Crippen LogP contribution in [0, 0.1) is 18.3 Å². The molecule has 0 spiro atoms. The predicted octanol–water partition coefficient (Wildman–Crippen LogP) is 5.54. The summed E-state index contributed by atoms with van der Waals surface area (Å²) >= 11 is 3.38. The monoisotopic (exact) mass is 329 g/mol. The van der Waals surface area contributed by atoms with Crippen molar-refractivity contribution in [3.8, 4) is 17.6 Å². The second-order valence-electron chi connectivity index (χ2n) is 5.06. The quantitative estimate of drug-likeness (QED) is 0.740. The lowest BCUT2D eigenvalue weighted by atomic mass is 9.98. The van der Waals surface area contributed by atoms with Crippen LogP contribution in [0.4, 0.5) is 0 Å². The van der Waals surface area contributed by atoms with Gasteiger partial charge in [0.25, 0.3) is 0 Å². The second kappa shape index (κ2) is 6.11. The molecule has 0 amide bonds. The molecule has 0 bridgehead atoms. The maximum absolute atomic E-state index is 8.97. The van der Waals surface area contributed by atoms with Crippen molar-refractivity contribution < 1.29 is 4.74 Å². The molecule has 0 unspecified atom stereocenters. The van der Waals surface area contributed by atoms with Crippen LogP contribution < -0.4 is 4.74 Å². The van der Waals surface area contributed by atoms with E-state index in [-0.39, 0.29) is 0 Å². The number of hydrogen-bond acceptors (Lipinski definition) is 2. The lowest BCUT2D eigenvalue weighted by Crippen LogP contribution is -1.93. The minimum atomic E-state index is 0.500. The van der Waals surface area contributed by atoms with Crippen LogP contribution in [0.15, 0.2) is 40.9 Å². The molecule has 0 aliphatic heterocycles. The van der Waals surface area contributed by atoms with Crippen molar-refractivity contribution in [2.24, 2.45) is 0 Å². The topological polar surface area (TPSA) is 33.0 Å². The third kappa shape index (κ3) is 3.40. The van der Waals surface area contributed by atoms with E-state index >= 15 is 0 Å². The smallest absolute Gasteiger partial charge is 0.129 e. The van der Waals surface area contributed by atoms with E-state index in [0.717, 1.165) is 10.2 Å². The minimum absolute atomic E-state index is 0.500. The lowest BCUT2D eigenvalue weighted by Gasteiger charge is -2.12. The third-order valence-corrected chi connectivity index (χ3v) is 3.56. The molecule has 0 N–H and O–H groups in total. The largest absolute Gasteiger partial charge is 0.457 e. The summed E-state index contributed by atoms with van der Waals surface area (Å²) in [6.45, 7) is 6.44. The van der Waals surface area contributed by atoms with Crippen LogP contribution in [0.3, 0.4) is 0 Å². The molecule has 2 aromatic rings. The van der Waals surface area contributed by atoms with Gasteiger partial charge in [-0.05, 0) is 54.3 Å². The summed E-state index contributed by atoms with van der Waals surface area (Å²) in [5.74, 6) is 1.95. The van der Waals surface area contributed by atoms with E-state index in [1.807, 2.05) is 18.2 Å². The number of nitrogens with zero attached hydrogens (tertiary/aromatic N) is 1. The molecule has 0 aliphatic carbocycles. The van der Waals surface area contributed by atoms with Gasteiger partial charge < -0.3 is 4.74 Å². The first kappa shape index (κ1) is 14.6. The zero-order valence-corrected chi connectivity index (χ0v) is 13.4. The number of hydrogen-bond donors (Lipinski definition) is 0. The zero-order valence-electron chi connectivity index (χ0n) is 11.8. The maximum atomic E-state index is 8.97. The first-order chi connectivity index (χ1) is 9.49. The van der Waals surface area contributed by atoms with Crippen LogP contribution in [0.2, 0.25) is 0 Å². The molecule has 0 fully saturated rings. The van der Waals surface area contributed by atoms with Gasteiger partial charge in [0.15, 0.2) is 0 Å². The highest BCUT2D eigenvalue weighted by Gasteiger charge is 2.06. The number of benzene rings is 2. The van der Waals surface area contributed by atoms with Crippen molar-refractivity contribution in [2.45, 2.75) is 26.7 Å². The Morgan fingerprint density at radius 3 is 2.45 bits per heavy atom. The molecule has 0 aromatic heterocycles. The van der Waals surface area contributed by atoms with Crippen LogP contribution in [0.25, 0.3) is 0 Å². The average Bonchev–Trinajstić information content (AvgIpc) is 2.37. The number of halogens is 1. The Kier molecular flexibility index (Phi) is 4.46. The molecule has 0 atom stereocenters. The molecule has 0 aliphatic rings. The molecule has 2 rings (SSSR count). The summed E-state index contributed by atoms with van der Waals surface area (Å²) < 4.78 is 6.67. The van der Waals surface area contributed by atoms with Gasteiger partial charge in [-0.1, -0.05) is 35.8 Å². The van der Waals surface area contributed by atoms with Crippen LogP contribution >= 0.6 is 15.9 Å². The van der Waals surface area contributed by atoms with Crippen LogP contribution in [-0.2, 0) is 0 Å². The molecule has 0 radical (unpaired) electrons. The predicted molar refractivity (Wildman–Crippen MR) is 84.2 cm³/mol. The molecule has 0 saturated carbocycles. The van der Waals surface area contributed by atoms with E-state index in [2.05, 4.69) is 48.8 Å². The first-order valence-electron chi connectivity index (χ1n) is 6.48. The highest BCUT2D eigenvalue weighted by molar-refractivity contribution is 9.10. The van der Waals surface area contributed by atoms with Crippen molar-refractivity contribution in [3.63, 3.8) is 0 Å². The fourth-order valence-corrected chi connectivity index (χ4v) is 2.65. The number of aryl methyl sites for hydroxylation is 1. The third-order valence-electron chi connectivity index (χ3n) is 3.10. The Labute approximate surface area is 128 Å². The molecule has 2 nitrogen and oxygen atoms in total. The normalized spacial score (nSPS) is 10.4. The van der Waals surface area contributed by atoms with E-state index in [1.54, 1.807) is 12.1 Å². The zero-order chi connectivity index (χ0) is 14.7. The van der Waals surface area contributed by atoms with Crippen LogP contribution in [0.1, 0.15) is 36.5 Å². The average molecular weight is 330 g/mol. The van der Waals surface area contributed by atoms with Gasteiger partial charge in [0, 0.05) is 4.47 Å². The Hall–Kier alpha value is -1.79.